The first-order valence-corrected chi connectivity index (χ1v) is 11.0. The van der Waals surface area contributed by atoms with Crippen molar-refractivity contribution in [1.29, 1.82) is 0 Å². The normalized spacial score (nSPS) is 10.5. The SMILES string of the molecule is Brc1ccc(Oc2nc(Oc3ccc(Br)cc3)nc(Oc3ccc(Br)cc3)n2)cc1. The van der Waals surface area contributed by atoms with Crippen LogP contribution in [0, 0.1) is 0 Å². The molecule has 0 saturated carbocycles. The predicted molar refractivity (Wildman–Crippen MR) is 122 cm³/mol. The van der Waals surface area contributed by atoms with Crippen molar-refractivity contribution >= 4 is 47.8 Å². The van der Waals surface area contributed by atoms with E-state index in [9.17, 15) is 0 Å². The molecule has 30 heavy (non-hydrogen) atoms. The number of rotatable bonds is 6. The second-order valence-electron chi connectivity index (χ2n) is 5.85. The van der Waals surface area contributed by atoms with Gasteiger partial charge in [-0.2, -0.15) is 0 Å². The predicted octanol–water partition coefficient (Wildman–Crippen LogP) is 7.54. The van der Waals surface area contributed by atoms with Crippen LogP contribution in [-0.4, -0.2) is 15.0 Å². The lowest BCUT2D eigenvalue weighted by atomic mass is 10.3. The molecule has 0 aliphatic heterocycles. The van der Waals surface area contributed by atoms with Crippen molar-refractivity contribution in [3.05, 3.63) is 86.2 Å². The van der Waals surface area contributed by atoms with Crippen molar-refractivity contribution < 1.29 is 14.2 Å². The molecule has 0 amide bonds. The van der Waals surface area contributed by atoms with Crippen molar-refractivity contribution in [2.24, 2.45) is 0 Å². The van der Waals surface area contributed by atoms with Gasteiger partial charge >= 0.3 is 18.0 Å². The van der Waals surface area contributed by atoms with Crippen LogP contribution in [0.1, 0.15) is 0 Å². The molecule has 4 aromatic rings. The van der Waals surface area contributed by atoms with Crippen LogP contribution in [0.15, 0.2) is 86.2 Å². The largest absolute Gasteiger partial charge is 0.424 e. The first-order chi connectivity index (χ1) is 14.5. The highest BCUT2D eigenvalue weighted by atomic mass is 79.9. The zero-order valence-corrected chi connectivity index (χ0v) is 19.9. The topological polar surface area (TPSA) is 66.4 Å². The zero-order chi connectivity index (χ0) is 20.9. The van der Waals surface area contributed by atoms with Gasteiger partial charge in [0.05, 0.1) is 0 Å². The molecule has 0 saturated heterocycles. The monoisotopic (exact) mass is 591 g/mol. The standard InChI is InChI=1S/C21H12Br3N3O3/c22-13-1-7-16(8-2-13)28-19-25-20(29-17-9-3-14(23)4-10-17)27-21(26-19)30-18-11-5-15(24)6-12-18/h1-12H. The molecular formula is C21H12Br3N3O3. The van der Waals surface area contributed by atoms with Crippen LogP contribution < -0.4 is 14.2 Å². The van der Waals surface area contributed by atoms with E-state index in [0.717, 1.165) is 13.4 Å². The van der Waals surface area contributed by atoms with E-state index in [4.69, 9.17) is 14.2 Å². The summed E-state index contributed by atoms with van der Waals surface area (Å²) in [6.45, 7) is 0. The maximum Gasteiger partial charge on any atom is 0.331 e. The highest BCUT2D eigenvalue weighted by molar-refractivity contribution is 9.11. The van der Waals surface area contributed by atoms with Crippen LogP contribution in [0.4, 0.5) is 0 Å². The molecule has 9 heteroatoms. The molecule has 1 aromatic heterocycles. The van der Waals surface area contributed by atoms with Crippen LogP contribution in [-0.2, 0) is 0 Å². The van der Waals surface area contributed by atoms with E-state index in [1.54, 1.807) is 36.4 Å². The van der Waals surface area contributed by atoms with E-state index in [0.29, 0.717) is 17.2 Å². The average molecular weight is 594 g/mol. The van der Waals surface area contributed by atoms with Crippen molar-refractivity contribution in [2.45, 2.75) is 0 Å². The van der Waals surface area contributed by atoms with Gasteiger partial charge in [0.1, 0.15) is 17.2 Å². The lowest BCUT2D eigenvalue weighted by Gasteiger charge is -2.10. The molecule has 0 atom stereocenters. The molecule has 4 rings (SSSR count). The van der Waals surface area contributed by atoms with Crippen molar-refractivity contribution in [1.82, 2.24) is 15.0 Å². The third-order valence-electron chi connectivity index (χ3n) is 3.64. The lowest BCUT2D eigenvalue weighted by molar-refractivity contribution is 0.362. The molecule has 0 spiro atoms. The maximum atomic E-state index is 5.77. The molecule has 0 N–H and O–H groups in total. The Morgan fingerprint density at radius 1 is 0.400 bits per heavy atom. The lowest BCUT2D eigenvalue weighted by Crippen LogP contribution is -2.01. The fourth-order valence-electron chi connectivity index (χ4n) is 2.28. The Hall–Kier alpha value is -2.49. The molecule has 0 aliphatic carbocycles. The molecule has 0 bridgehead atoms. The molecule has 1 heterocycles. The van der Waals surface area contributed by atoms with Gasteiger partial charge in [0.2, 0.25) is 0 Å². The summed E-state index contributed by atoms with van der Waals surface area (Å²) >= 11 is 10.2. The summed E-state index contributed by atoms with van der Waals surface area (Å²) < 4.78 is 20.1. The van der Waals surface area contributed by atoms with Gasteiger partial charge in [-0.25, -0.2) is 0 Å². The van der Waals surface area contributed by atoms with Gasteiger partial charge in [0.15, 0.2) is 0 Å². The van der Waals surface area contributed by atoms with Gasteiger partial charge in [-0.3, -0.25) is 0 Å². The van der Waals surface area contributed by atoms with Gasteiger partial charge in [0.25, 0.3) is 0 Å². The minimum Gasteiger partial charge on any atom is -0.424 e. The number of halogens is 3. The second kappa shape index (κ2) is 9.55. The summed E-state index contributed by atoms with van der Waals surface area (Å²) in [5, 5.41) is 0. The Bertz CT molecular complexity index is 980. The number of ether oxygens (including phenoxy) is 3. The summed E-state index contributed by atoms with van der Waals surface area (Å²) in [4.78, 5) is 12.7. The van der Waals surface area contributed by atoms with E-state index >= 15 is 0 Å². The molecule has 3 aromatic carbocycles. The van der Waals surface area contributed by atoms with E-state index in [-0.39, 0.29) is 18.0 Å². The van der Waals surface area contributed by atoms with E-state index in [1.165, 1.54) is 0 Å². The highest BCUT2D eigenvalue weighted by Gasteiger charge is 2.13. The van der Waals surface area contributed by atoms with E-state index < -0.39 is 0 Å². The number of benzene rings is 3. The molecule has 0 radical (unpaired) electrons. The van der Waals surface area contributed by atoms with E-state index in [2.05, 4.69) is 62.7 Å². The Morgan fingerprint density at radius 3 is 0.867 bits per heavy atom. The molecule has 150 valence electrons. The van der Waals surface area contributed by atoms with Crippen molar-refractivity contribution in [3.8, 4) is 35.3 Å². The van der Waals surface area contributed by atoms with Crippen LogP contribution >= 0.6 is 47.8 Å². The first kappa shape index (κ1) is 20.8. The third-order valence-corrected chi connectivity index (χ3v) is 5.23. The maximum absolute atomic E-state index is 5.77. The summed E-state index contributed by atoms with van der Waals surface area (Å²) in [5.41, 5.74) is 0. The van der Waals surface area contributed by atoms with Gasteiger partial charge in [-0.1, -0.05) is 47.8 Å². The van der Waals surface area contributed by atoms with Crippen LogP contribution in [0.25, 0.3) is 0 Å². The Kier molecular flexibility index (Phi) is 6.61. The molecule has 0 aliphatic rings. The van der Waals surface area contributed by atoms with Gasteiger partial charge in [-0.05, 0) is 72.8 Å². The molecule has 0 unspecified atom stereocenters. The minimum atomic E-state index is 0.0477. The summed E-state index contributed by atoms with van der Waals surface area (Å²) in [6.07, 6.45) is 0. The third kappa shape index (κ3) is 5.78. The smallest absolute Gasteiger partial charge is 0.331 e. The van der Waals surface area contributed by atoms with Crippen LogP contribution in [0.5, 0.6) is 35.3 Å². The van der Waals surface area contributed by atoms with Gasteiger partial charge < -0.3 is 14.2 Å². The number of nitrogens with zero attached hydrogens (tertiary/aromatic N) is 3. The minimum absolute atomic E-state index is 0.0477. The van der Waals surface area contributed by atoms with E-state index in [1.807, 2.05) is 36.4 Å². The second-order valence-corrected chi connectivity index (χ2v) is 8.60. The average Bonchev–Trinajstić information content (AvgIpc) is 2.73. The summed E-state index contributed by atoms with van der Waals surface area (Å²) in [7, 11) is 0. The number of aromatic nitrogens is 3. The highest BCUT2D eigenvalue weighted by Crippen LogP contribution is 2.28. The fourth-order valence-corrected chi connectivity index (χ4v) is 3.07. The Morgan fingerprint density at radius 2 is 0.633 bits per heavy atom. The molecule has 6 nitrogen and oxygen atoms in total. The summed E-state index contributed by atoms with van der Waals surface area (Å²) in [5.74, 6) is 1.69. The quantitative estimate of drug-likeness (QED) is 0.230. The number of hydrogen-bond donors (Lipinski definition) is 0. The van der Waals surface area contributed by atoms with Crippen molar-refractivity contribution in [3.63, 3.8) is 0 Å². The van der Waals surface area contributed by atoms with Crippen molar-refractivity contribution in [2.75, 3.05) is 0 Å². The van der Waals surface area contributed by atoms with Crippen LogP contribution in [0.3, 0.4) is 0 Å². The fraction of sp³-hybridized carbons (Fsp3) is 0. The number of hydrogen-bond acceptors (Lipinski definition) is 6. The Labute approximate surface area is 197 Å². The van der Waals surface area contributed by atoms with Gasteiger partial charge in [0, 0.05) is 13.4 Å². The molecular weight excluding hydrogens is 582 g/mol. The Balaban J connectivity index is 1.64. The molecule has 0 fully saturated rings. The zero-order valence-electron chi connectivity index (χ0n) is 15.1. The van der Waals surface area contributed by atoms with Gasteiger partial charge in [-0.15, -0.1) is 15.0 Å². The van der Waals surface area contributed by atoms with Crippen LogP contribution in [0.2, 0.25) is 0 Å². The first-order valence-electron chi connectivity index (χ1n) is 8.60. The summed E-state index contributed by atoms with van der Waals surface area (Å²) in [6, 6.07) is 22.0.